The van der Waals surface area contributed by atoms with Crippen LogP contribution in [0.15, 0.2) is 36.7 Å². The second kappa shape index (κ2) is 3.31. The van der Waals surface area contributed by atoms with Gasteiger partial charge in [-0.05, 0) is 24.3 Å². The summed E-state index contributed by atoms with van der Waals surface area (Å²) in [4.78, 5) is 7.96. The molecule has 0 aliphatic heterocycles. The quantitative estimate of drug-likeness (QED) is 0.659. The van der Waals surface area contributed by atoms with Gasteiger partial charge in [0.25, 0.3) is 0 Å². The Kier molecular flexibility index (Phi) is 2.00. The second-order valence-electron chi connectivity index (χ2n) is 2.49. The summed E-state index contributed by atoms with van der Waals surface area (Å²) in [5, 5.41) is 0. The topological polar surface area (TPSA) is 25.8 Å². The molecule has 13 heavy (non-hydrogen) atoms. The van der Waals surface area contributed by atoms with Crippen molar-refractivity contribution in [2.45, 2.75) is 0 Å². The molecule has 0 N–H and O–H groups in total. The van der Waals surface area contributed by atoms with Gasteiger partial charge in [0.1, 0.15) is 5.82 Å². The molecular formula is C10H6FN2. The molecule has 0 atom stereocenters. The average molecular weight is 173 g/mol. The van der Waals surface area contributed by atoms with Crippen LogP contribution in [0.2, 0.25) is 0 Å². The van der Waals surface area contributed by atoms with E-state index in [0.717, 1.165) is 0 Å². The van der Waals surface area contributed by atoms with Crippen LogP contribution >= 0.6 is 0 Å². The number of halogens is 1. The van der Waals surface area contributed by atoms with Crippen LogP contribution < -0.4 is 0 Å². The second-order valence-corrected chi connectivity index (χ2v) is 2.49. The van der Waals surface area contributed by atoms with E-state index in [0.29, 0.717) is 11.4 Å². The van der Waals surface area contributed by atoms with E-state index in [1.807, 2.05) is 0 Å². The van der Waals surface area contributed by atoms with E-state index in [4.69, 9.17) is 0 Å². The van der Waals surface area contributed by atoms with Gasteiger partial charge >= 0.3 is 0 Å². The molecule has 1 aromatic heterocycles. The van der Waals surface area contributed by atoms with E-state index in [-0.39, 0.29) is 5.82 Å². The van der Waals surface area contributed by atoms with Crippen molar-refractivity contribution >= 4 is 0 Å². The molecule has 0 bridgehead atoms. The molecule has 0 saturated carbocycles. The average Bonchev–Trinajstić information content (AvgIpc) is 2.19. The van der Waals surface area contributed by atoms with Crippen LogP contribution in [0.3, 0.4) is 0 Å². The molecule has 0 unspecified atom stereocenters. The Hall–Kier alpha value is -1.77. The van der Waals surface area contributed by atoms with Crippen molar-refractivity contribution in [2.24, 2.45) is 0 Å². The summed E-state index contributed by atoms with van der Waals surface area (Å²) in [7, 11) is 0. The van der Waals surface area contributed by atoms with E-state index < -0.39 is 0 Å². The summed E-state index contributed by atoms with van der Waals surface area (Å²) in [6, 6.07) is 8.78. The van der Waals surface area contributed by atoms with Crippen molar-refractivity contribution in [3.63, 3.8) is 0 Å². The first-order valence-electron chi connectivity index (χ1n) is 3.81. The minimum Gasteiger partial charge on any atom is -0.237 e. The molecule has 0 aliphatic rings. The molecule has 0 amide bonds. The largest absolute Gasteiger partial charge is 0.237 e. The van der Waals surface area contributed by atoms with Crippen LogP contribution in [-0.2, 0) is 0 Å². The summed E-state index contributed by atoms with van der Waals surface area (Å²) in [5.74, 6) is 0.184. The van der Waals surface area contributed by atoms with Crippen LogP contribution in [0, 0.1) is 11.9 Å². The molecule has 0 fully saturated rings. The molecule has 1 radical (unpaired) electrons. The van der Waals surface area contributed by atoms with Crippen molar-refractivity contribution in [1.29, 1.82) is 0 Å². The van der Waals surface area contributed by atoms with E-state index in [2.05, 4.69) is 16.0 Å². The highest BCUT2D eigenvalue weighted by Gasteiger charge is 2.00. The van der Waals surface area contributed by atoms with E-state index in [9.17, 15) is 4.39 Å². The highest BCUT2D eigenvalue weighted by atomic mass is 19.1. The number of aromatic nitrogens is 2. The Labute approximate surface area is 75.1 Å². The zero-order valence-corrected chi connectivity index (χ0v) is 6.74. The van der Waals surface area contributed by atoms with Gasteiger partial charge in [-0.1, -0.05) is 6.07 Å². The zero-order valence-electron chi connectivity index (χ0n) is 6.74. The number of rotatable bonds is 1. The van der Waals surface area contributed by atoms with Crippen LogP contribution in [0.1, 0.15) is 0 Å². The predicted octanol–water partition coefficient (Wildman–Crippen LogP) is 2.08. The molecule has 0 spiro atoms. The lowest BCUT2D eigenvalue weighted by Gasteiger charge is -1.97. The van der Waals surface area contributed by atoms with Crippen LogP contribution in [0.4, 0.5) is 4.39 Å². The fraction of sp³-hybridized carbons (Fsp3) is 0. The van der Waals surface area contributed by atoms with Gasteiger partial charge in [-0.3, -0.25) is 0 Å². The fourth-order valence-electron chi connectivity index (χ4n) is 1.01. The maximum Gasteiger partial charge on any atom is 0.159 e. The van der Waals surface area contributed by atoms with Gasteiger partial charge in [0.15, 0.2) is 5.82 Å². The lowest BCUT2D eigenvalue weighted by molar-refractivity contribution is 0.628. The summed E-state index contributed by atoms with van der Waals surface area (Å²) in [5.41, 5.74) is 0.570. The van der Waals surface area contributed by atoms with Gasteiger partial charge in [-0.2, -0.15) is 0 Å². The number of hydrogen-bond donors (Lipinski definition) is 0. The third kappa shape index (κ3) is 1.69. The standard InChI is InChI=1S/C10H6FN2/c11-9-4-1-3-8(7-9)10-12-5-2-6-13-10/h1-2,4-7H. The van der Waals surface area contributed by atoms with Gasteiger partial charge in [0.2, 0.25) is 0 Å². The lowest BCUT2D eigenvalue weighted by Crippen LogP contribution is -1.87. The molecule has 1 heterocycles. The smallest absolute Gasteiger partial charge is 0.159 e. The fourth-order valence-corrected chi connectivity index (χ4v) is 1.01. The van der Waals surface area contributed by atoms with Gasteiger partial charge in [0, 0.05) is 18.0 Å². The third-order valence-corrected chi connectivity index (χ3v) is 1.57. The Balaban J connectivity index is 2.48. The molecule has 3 heteroatoms. The predicted molar refractivity (Wildman–Crippen MR) is 46.3 cm³/mol. The van der Waals surface area contributed by atoms with Crippen LogP contribution in [0.25, 0.3) is 11.4 Å². The Morgan fingerprint density at radius 3 is 2.69 bits per heavy atom. The number of hydrogen-bond acceptors (Lipinski definition) is 2. The summed E-state index contributed by atoms with van der Waals surface area (Å²) in [6.45, 7) is 0. The van der Waals surface area contributed by atoms with Crippen molar-refractivity contribution in [3.05, 3.63) is 48.5 Å². The molecular weight excluding hydrogens is 167 g/mol. The maximum atomic E-state index is 12.8. The molecule has 2 aromatic rings. The SMILES string of the molecule is Fc1cc[c]c(-c2ncccn2)c1. The molecule has 63 valence electrons. The van der Waals surface area contributed by atoms with Crippen LogP contribution in [-0.4, -0.2) is 9.97 Å². The molecule has 2 rings (SSSR count). The normalized spacial score (nSPS) is 9.92. The summed E-state index contributed by atoms with van der Waals surface area (Å²) >= 11 is 0. The Morgan fingerprint density at radius 1 is 1.23 bits per heavy atom. The molecule has 2 nitrogen and oxygen atoms in total. The molecule has 0 saturated heterocycles. The summed E-state index contributed by atoms with van der Waals surface area (Å²) < 4.78 is 12.8. The Morgan fingerprint density at radius 2 is 2.00 bits per heavy atom. The minimum atomic E-state index is -0.304. The van der Waals surface area contributed by atoms with E-state index >= 15 is 0 Å². The highest BCUT2D eigenvalue weighted by molar-refractivity contribution is 5.53. The maximum absolute atomic E-state index is 12.8. The third-order valence-electron chi connectivity index (χ3n) is 1.57. The van der Waals surface area contributed by atoms with Gasteiger partial charge in [-0.15, -0.1) is 0 Å². The minimum absolute atomic E-state index is 0.304. The monoisotopic (exact) mass is 173 g/mol. The molecule has 0 aliphatic carbocycles. The van der Waals surface area contributed by atoms with Crippen molar-refractivity contribution < 1.29 is 4.39 Å². The highest BCUT2D eigenvalue weighted by Crippen LogP contribution is 2.13. The van der Waals surface area contributed by atoms with Gasteiger partial charge in [-0.25, -0.2) is 14.4 Å². The van der Waals surface area contributed by atoms with Gasteiger partial charge < -0.3 is 0 Å². The summed E-state index contributed by atoms with van der Waals surface area (Å²) in [6.07, 6.45) is 3.22. The van der Waals surface area contributed by atoms with Crippen molar-refractivity contribution in [3.8, 4) is 11.4 Å². The van der Waals surface area contributed by atoms with Crippen LogP contribution in [0.5, 0.6) is 0 Å². The van der Waals surface area contributed by atoms with E-state index in [1.54, 1.807) is 18.5 Å². The first-order valence-corrected chi connectivity index (χ1v) is 3.81. The molecule has 1 aromatic carbocycles. The van der Waals surface area contributed by atoms with Crippen molar-refractivity contribution in [1.82, 2.24) is 9.97 Å². The van der Waals surface area contributed by atoms with Gasteiger partial charge in [0.05, 0.1) is 0 Å². The van der Waals surface area contributed by atoms with E-state index in [1.165, 1.54) is 18.2 Å². The van der Waals surface area contributed by atoms with Crippen molar-refractivity contribution in [2.75, 3.05) is 0 Å². The number of benzene rings is 1. The zero-order chi connectivity index (χ0) is 9.10. The first kappa shape index (κ1) is 7.86. The Bertz CT molecular complexity index is 401. The first-order chi connectivity index (χ1) is 6.36. The lowest BCUT2D eigenvalue weighted by atomic mass is 10.2. The number of nitrogens with zero attached hydrogens (tertiary/aromatic N) is 2.